The summed E-state index contributed by atoms with van der Waals surface area (Å²) in [5.74, 6) is 0.807. The van der Waals surface area contributed by atoms with E-state index in [1.807, 2.05) is 20.0 Å². The Hall–Kier alpha value is -1.36. The van der Waals surface area contributed by atoms with E-state index in [4.69, 9.17) is 0 Å². The SMILES string of the molecule is Cc1cc(NC(=O)C2CNC2)nn1C. The predicted molar refractivity (Wildman–Crippen MR) is 52.9 cm³/mol. The molecule has 2 rings (SSSR count). The van der Waals surface area contributed by atoms with Crippen LogP contribution >= 0.6 is 0 Å². The highest BCUT2D eigenvalue weighted by molar-refractivity contribution is 5.92. The molecule has 0 radical (unpaired) electrons. The fourth-order valence-electron chi connectivity index (χ4n) is 1.32. The monoisotopic (exact) mass is 194 g/mol. The van der Waals surface area contributed by atoms with Crippen molar-refractivity contribution in [1.82, 2.24) is 15.1 Å². The first-order valence-corrected chi connectivity index (χ1v) is 4.69. The first-order chi connectivity index (χ1) is 6.66. The van der Waals surface area contributed by atoms with Gasteiger partial charge in [-0.15, -0.1) is 0 Å². The van der Waals surface area contributed by atoms with Crippen LogP contribution in [0.25, 0.3) is 0 Å². The normalized spacial score (nSPS) is 16.4. The van der Waals surface area contributed by atoms with E-state index in [0.29, 0.717) is 5.82 Å². The third-order valence-electron chi connectivity index (χ3n) is 2.52. The van der Waals surface area contributed by atoms with Gasteiger partial charge in [-0.05, 0) is 6.92 Å². The quantitative estimate of drug-likeness (QED) is 0.690. The van der Waals surface area contributed by atoms with Gasteiger partial charge in [0, 0.05) is 31.9 Å². The molecule has 76 valence electrons. The highest BCUT2D eigenvalue weighted by Gasteiger charge is 2.25. The molecule has 1 aromatic rings. The first kappa shape index (κ1) is 9.21. The molecule has 0 bridgehead atoms. The number of nitrogens with one attached hydrogen (secondary N) is 2. The molecule has 1 fully saturated rings. The van der Waals surface area contributed by atoms with Crippen LogP contribution in [-0.2, 0) is 11.8 Å². The molecule has 5 nitrogen and oxygen atoms in total. The third-order valence-corrected chi connectivity index (χ3v) is 2.52. The number of aromatic nitrogens is 2. The van der Waals surface area contributed by atoms with Crippen molar-refractivity contribution >= 4 is 11.7 Å². The van der Waals surface area contributed by atoms with Crippen molar-refractivity contribution < 1.29 is 4.79 Å². The van der Waals surface area contributed by atoms with Crippen LogP contribution in [0.2, 0.25) is 0 Å². The van der Waals surface area contributed by atoms with Gasteiger partial charge < -0.3 is 10.6 Å². The van der Waals surface area contributed by atoms with Gasteiger partial charge in [0.2, 0.25) is 5.91 Å². The molecule has 0 aliphatic carbocycles. The molecule has 1 amide bonds. The molecule has 0 aromatic carbocycles. The molecular weight excluding hydrogens is 180 g/mol. The second-order valence-corrected chi connectivity index (χ2v) is 3.64. The Balaban J connectivity index is 1.99. The smallest absolute Gasteiger partial charge is 0.231 e. The van der Waals surface area contributed by atoms with Gasteiger partial charge in [0.25, 0.3) is 0 Å². The Kier molecular flexibility index (Phi) is 2.25. The Morgan fingerprint density at radius 2 is 2.43 bits per heavy atom. The minimum absolute atomic E-state index is 0.0573. The highest BCUT2D eigenvalue weighted by atomic mass is 16.2. The molecule has 1 aromatic heterocycles. The van der Waals surface area contributed by atoms with Crippen molar-refractivity contribution in [2.45, 2.75) is 6.92 Å². The summed E-state index contributed by atoms with van der Waals surface area (Å²) in [4.78, 5) is 11.5. The number of aryl methyl sites for hydroxylation is 2. The first-order valence-electron chi connectivity index (χ1n) is 4.69. The van der Waals surface area contributed by atoms with E-state index >= 15 is 0 Å². The van der Waals surface area contributed by atoms with Crippen molar-refractivity contribution in [3.63, 3.8) is 0 Å². The van der Waals surface area contributed by atoms with Crippen molar-refractivity contribution in [2.75, 3.05) is 18.4 Å². The van der Waals surface area contributed by atoms with Crippen LogP contribution < -0.4 is 10.6 Å². The number of nitrogens with zero attached hydrogens (tertiary/aromatic N) is 2. The Morgan fingerprint density at radius 1 is 1.71 bits per heavy atom. The number of rotatable bonds is 2. The molecular formula is C9H14N4O. The van der Waals surface area contributed by atoms with Crippen LogP contribution in [0.15, 0.2) is 6.07 Å². The fourth-order valence-corrected chi connectivity index (χ4v) is 1.32. The van der Waals surface area contributed by atoms with E-state index in [-0.39, 0.29) is 11.8 Å². The van der Waals surface area contributed by atoms with E-state index < -0.39 is 0 Å². The van der Waals surface area contributed by atoms with Crippen LogP contribution in [0.1, 0.15) is 5.69 Å². The highest BCUT2D eigenvalue weighted by Crippen LogP contribution is 2.10. The van der Waals surface area contributed by atoms with E-state index in [9.17, 15) is 4.79 Å². The van der Waals surface area contributed by atoms with Crippen molar-refractivity contribution in [2.24, 2.45) is 13.0 Å². The van der Waals surface area contributed by atoms with Crippen LogP contribution in [0.3, 0.4) is 0 Å². The summed E-state index contributed by atoms with van der Waals surface area (Å²) >= 11 is 0. The molecule has 1 saturated heterocycles. The average Bonchev–Trinajstić information content (AvgIpc) is 2.26. The van der Waals surface area contributed by atoms with Gasteiger partial charge in [-0.1, -0.05) is 0 Å². The number of hydrogen-bond donors (Lipinski definition) is 2. The van der Waals surface area contributed by atoms with Gasteiger partial charge >= 0.3 is 0 Å². The van der Waals surface area contributed by atoms with Crippen molar-refractivity contribution in [3.8, 4) is 0 Å². The molecule has 1 aliphatic heterocycles. The summed E-state index contributed by atoms with van der Waals surface area (Å²) in [7, 11) is 1.86. The predicted octanol–water partition coefficient (Wildman–Crippen LogP) is -0.114. The number of anilines is 1. The molecule has 0 atom stereocenters. The lowest BCUT2D eigenvalue weighted by molar-refractivity contribution is -0.121. The van der Waals surface area contributed by atoms with Gasteiger partial charge in [-0.2, -0.15) is 5.10 Å². The summed E-state index contributed by atoms with van der Waals surface area (Å²) in [5.41, 5.74) is 1.03. The zero-order valence-electron chi connectivity index (χ0n) is 8.37. The molecule has 1 aliphatic rings. The number of amides is 1. The topological polar surface area (TPSA) is 59.0 Å². The molecule has 0 unspecified atom stereocenters. The third kappa shape index (κ3) is 1.63. The molecule has 5 heteroatoms. The van der Waals surface area contributed by atoms with Gasteiger partial charge in [-0.25, -0.2) is 0 Å². The second kappa shape index (κ2) is 3.42. The lowest BCUT2D eigenvalue weighted by Crippen LogP contribution is -2.48. The summed E-state index contributed by atoms with van der Waals surface area (Å²) < 4.78 is 1.74. The lowest BCUT2D eigenvalue weighted by atomic mass is 10.0. The molecule has 0 spiro atoms. The van der Waals surface area contributed by atoms with E-state index in [1.54, 1.807) is 4.68 Å². The summed E-state index contributed by atoms with van der Waals surface area (Å²) in [6, 6.07) is 1.87. The maximum atomic E-state index is 11.5. The Labute approximate surface area is 82.5 Å². The van der Waals surface area contributed by atoms with Crippen LogP contribution in [-0.4, -0.2) is 28.8 Å². The van der Waals surface area contributed by atoms with Crippen molar-refractivity contribution in [1.29, 1.82) is 0 Å². The fraction of sp³-hybridized carbons (Fsp3) is 0.556. The zero-order valence-corrected chi connectivity index (χ0v) is 8.37. The maximum Gasteiger partial charge on any atom is 0.231 e. The minimum Gasteiger partial charge on any atom is -0.315 e. The molecule has 14 heavy (non-hydrogen) atoms. The Morgan fingerprint density at radius 3 is 2.86 bits per heavy atom. The van der Waals surface area contributed by atoms with E-state index in [1.165, 1.54) is 0 Å². The number of carbonyl (C=O) groups excluding carboxylic acids is 1. The maximum absolute atomic E-state index is 11.5. The summed E-state index contributed by atoms with van der Waals surface area (Å²) in [6.45, 7) is 3.50. The minimum atomic E-state index is 0.0573. The summed E-state index contributed by atoms with van der Waals surface area (Å²) in [6.07, 6.45) is 0. The van der Waals surface area contributed by atoms with Crippen LogP contribution in [0.5, 0.6) is 0 Å². The zero-order chi connectivity index (χ0) is 10.1. The summed E-state index contributed by atoms with van der Waals surface area (Å²) in [5, 5.41) is 10.0. The lowest BCUT2D eigenvalue weighted by Gasteiger charge is -2.25. The molecule has 0 saturated carbocycles. The van der Waals surface area contributed by atoms with Crippen LogP contribution in [0.4, 0.5) is 5.82 Å². The number of carbonyl (C=O) groups is 1. The Bertz CT molecular complexity index is 334. The van der Waals surface area contributed by atoms with Crippen LogP contribution in [0, 0.1) is 12.8 Å². The van der Waals surface area contributed by atoms with E-state index in [0.717, 1.165) is 18.8 Å². The number of hydrogen-bond acceptors (Lipinski definition) is 3. The van der Waals surface area contributed by atoms with Gasteiger partial charge in [-0.3, -0.25) is 9.48 Å². The second-order valence-electron chi connectivity index (χ2n) is 3.64. The van der Waals surface area contributed by atoms with Crippen molar-refractivity contribution in [3.05, 3.63) is 11.8 Å². The van der Waals surface area contributed by atoms with Gasteiger partial charge in [0.1, 0.15) is 0 Å². The van der Waals surface area contributed by atoms with Gasteiger partial charge in [0.05, 0.1) is 5.92 Å². The van der Waals surface area contributed by atoms with Gasteiger partial charge in [0.15, 0.2) is 5.82 Å². The largest absolute Gasteiger partial charge is 0.315 e. The molecule has 2 heterocycles. The standard InChI is InChI=1S/C9H14N4O/c1-6-3-8(12-13(6)2)11-9(14)7-4-10-5-7/h3,7,10H,4-5H2,1-2H3,(H,11,12,14). The average molecular weight is 194 g/mol. The van der Waals surface area contributed by atoms with E-state index in [2.05, 4.69) is 15.7 Å². The molecule has 2 N–H and O–H groups in total.